The van der Waals surface area contributed by atoms with Gasteiger partial charge >= 0.3 is 5.97 Å². The van der Waals surface area contributed by atoms with Crippen LogP contribution in [0.1, 0.15) is 23.3 Å². The molecule has 22 heavy (non-hydrogen) atoms. The van der Waals surface area contributed by atoms with E-state index >= 15 is 0 Å². The van der Waals surface area contributed by atoms with E-state index in [1.807, 2.05) is 54.6 Å². The number of carboxylic acids is 1. The van der Waals surface area contributed by atoms with Crippen molar-refractivity contribution in [2.24, 2.45) is 5.92 Å². The van der Waals surface area contributed by atoms with E-state index in [1.165, 1.54) is 0 Å². The van der Waals surface area contributed by atoms with Gasteiger partial charge in [0.1, 0.15) is 5.75 Å². The molecule has 0 saturated heterocycles. The van der Waals surface area contributed by atoms with Crippen LogP contribution in [0.5, 0.6) is 5.75 Å². The predicted octanol–water partition coefficient (Wildman–Crippen LogP) is 4.39. The Morgan fingerprint density at radius 2 is 1.77 bits per heavy atom. The van der Waals surface area contributed by atoms with E-state index in [0.717, 1.165) is 22.6 Å². The van der Waals surface area contributed by atoms with Gasteiger partial charge in [0.25, 0.3) is 0 Å². The molecule has 4 heteroatoms. The van der Waals surface area contributed by atoms with Crippen LogP contribution in [0.4, 0.5) is 0 Å². The third kappa shape index (κ3) is 4.28. The second-order valence-corrected chi connectivity index (χ2v) is 6.25. The van der Waals surface area contributed by atoms with Crippen molar-refractivity contribution in [3.63, 3.8) is 0 Å². The molecule has 116 valence electrons. The van der Waals surface area contributed by atoms with Crippen molar-refractivity contribution in [2.45, 2.75) is 17.9 Å². The second kappa shape index (κ2) is 7.90. The van der Waals surface area contributed by atoms with Crippen molar-refractivity contribution < 1.29 is 14.6 Å². The summed E-state index contributed by atoms with van der Waals surface area (Å²) in [4.78, 5) is 11.4. The molecule has 0 amide bonds. The van der Waals surface area contributed by atoms with Gasteiger partial charge in [-0.25, -0.2) is 0 Å². The minimum Gasteiger partial charge on any atom is -0.497 e. The average Bonchev–Trinajstić information content (AvgIpc) is 2.56. The van der Waals surface area contributed by atoms with Crippen LogP contribution in [0.15, 0.2) is 54.6 Å². The summed E-state index contributed by atoms with van der Waals surface area (Å²) >= 11 is 1.66. The first-order valence-corrected chi connectivity index (χ1v) is 8.19. The molecule has 3 nitrogen and oxygen atoms in total. The molecule has 0 heterocycles. The van der Waals surface area contributed by atoms with Crippen LogP contribution in [-0.4, -0.2) is 18.2 Å². The van der Waals surface area contributed by atoms with Gasteiger partial charge in [0.15, 0.2) is 0 Å². The molecule has 0 fully saturated rings. The Labute approximate surface area is 135 Å². The van der Waals surface area contributed by atoms with Gasteiger partial charge in [0.2, 0.25) is 0 Å². The number of carbonyl (C=O) groups is 1. The molecule has 2 atom stereocenters. The average molecular weight is 316 g/mol. The number of rotatable bonds is 7. The van der Waals surface area contributed by atoms with Crippen LogP contribution in [0, 0.1) is 5.92 Å². The van der Waals surface area contributed by atoms with Crippen molar-refractivity contribution in [1.82, 2.24) is 0 Å². The maximum Gasteiger partial charge on any atom is 0.307 e. The summed E-state index contributed by atoms with van der Waals surface area (Å²) < 4.78 is 5.15. The number of hydrogen-bond acceptors (Lipinski definition) is 3. The van der Waals surface area contributed by atoms with Gasteiger partial charge in [-0.2, -0.15) is 0 Å². The number of methoxy groups -OCH3 is 1. The number of aliphatic carboxylic acids is 1. The van der Waals surface area contributed by atoms with E-state index in [-0.39, 0.29) is 5.25 Å². The molecule has 0 aliphatic heterocycles. The summed E-state index contributed by atoms with van der Waals surface area (Å²) in [6.07, 6.45) is 0. The maximum absolute atomic E-state index is 11.4. The van der Waals surface area contributed by atoms with Crippen LogP contribution < -0.4 is 4.74 Å². The number of ether oxygens (including phenoxy) is 1. The first-order valence-electron chi connectivity index (χ1n) is 7.14. The molecule has 0 aliphatic carbocycles. The molecule has 0 aromatic heterocycles. The van der Waals surface area contributed by atoms with E-state index in [1.54, 1.807) is 25.8 Å². The third-order valence-electron chi connectivity index (χ3n) is 3.56. The van der Waals surface area contributed by atoms with Gasteiger partial charge in [-0.1, -0.05) is 49.4 Å². The Morgan fingerprint density at radius 3 is 2.32 bits per heavy atom. The normalized spacial score (nSPS) is 13.4. The number of benzene rings is 2. The summed E-state index contributed by atoms with van der Waals surface area (Å²) in [5, 5.41) is 9.28. The van der Waals surface area contributed by atoms with Crippen molar-refractivity contribution in [1.29, 1.82) is 0 Å². The smallest absolute Gasteiger partial charge is 0.307 e. The van der Waals surface area contributed by atoms with Gasteiger partial charge in [-0.05, 0) is 23.3 Å². The zero-order valence-electron chi connectivity index (χ0n) is 12.7. The monoisotopic (exact) mass is 316 g/mol. The van der Waals surface area contributed by atoms with E-state index in [0.29, 0.717) is 0 Å². The number of thioether (sulfide) groups is 1. The minimum atomic E-state index is -0.768. The lowest BCUT2D eigenvalue weighted by Crippen LogP contribution is -2.17. The molecule has 0 spiro atoms. The quantitative estimate of drug-likeness (QED) is 0.823. The van der Waals surface area contributed by atoms with Gasteiger partial charge in [-0.15, -0.1) is 11.8 Å². The molecular formula is C18H20O3S. The topological polar surface area (TPSA) is 46.5 Å². The predicted molar refractivity (Wildman–Crippen MR) is 90.3 cm³/mol. The van der Waals surface area contributed by atoms with E-state index in [9.17, 15) is 9.90 Å². The summed E-state index contributed by atoms with van der Waals surface area (Å²) in [5.41, 5.74) is 2.21. The zero-order chi connectivity index (χ0) is 15.9. The lowest BCUT2D eigenvalue weighted by molar-refractivity contribution is -0.141. The second-order valence-electron chi connectivity index (χ2n) is 5.12. The van der Waals surface area contributed by atoms with Crippen molar-refractivity contribution in [3.8, 4) is 5.75 Å². The Bertz CT molecular complexity index is 595. The van der Waals surface area contributed by atoms with Crippen molar-refractivity contribution in [2.75, 3.05) is 7.11 Å². The molecule has 0 bridgehead atoms. The largest absolute Gasteiger partial charge is 0.497 e. The Balaban J connectivity index is 2.11. The summed E-state index contributed by atoms with van der Waals surface area (Å²) in [7, 11) is 1.64. The van der Waals surface area contributed by atoms with E-state index < -0.39 is 11.9 Å². The molecular weight excluding hydrogens is 296 g/mol. The molecule has 1 unspecified atom stereocenters. The van der Waals surface area contributed by atoms with Crippen molar-refractivity contribution >= 4 is 17.7 Å². The van der Waals surface area contributed by atoms with Gasteiger partial charge in [-0.3, -0.25) is 4.79 Å². The molecule has 0 saturated carbocycles. The molecule has 1 N–H and O–H groups in total. The molecule has 0 aliphatic rings. The first kappa shape index (κ1) is 16.4. The Morgan fingerprint density at radius 1 is 1.14 bits per heavy atom. The lowest BCUT2D eigenvalue weighted by atomic mass is 10.0. The van der Waals surface area contributed by atoms with Crippen LogP contribution >= 0.6 is 11.8 Å². The lowest BCUT2D eigenvalue weighted by Gasteiger charge is -2.21. The summed E-state index contributed by atoms with van der Waals surface area (Å²) in [6.45, 7) is 1.76. The SMILES string of the molecule is COc1ccc(CSC(c2ccccc2)[C@H](C)C(=O)O)cc1. The summed E-state index contributed by atoms with van der Waals surface area (Å²) in [5.74, 6) is 0.384. The highest BCUT2D eigenvalue weighted by Gasteiger charge is 2.25. The Kier molecular flexibility index (Phi) is 5.90. The fourth-order valence-electron chi connectivity index (χ4n) is 2.21. The van der Waals surface area contributed by atoms with Crippen LogP contribution in [-0.2, 0) is 10.5 Å². The molecule has 0 radical (unpaired) electrons. The van der Waals surface area contributed by atoms with Gasteiger partial charge in [0.05, 0.1) is 13.0 Å². The number of hydrogen-bond donors (Lipinski definition) is 1. The molecule has 2 aromatic rings. The van der Waals surface area contributed by atoms with Crippen molar-refractivity contribution in [3.05, 3.63) is 65.7 Å². The molecule has 2 rings (SSSR count). The standard InChI is InChI=1S/C18H20O3S/c1-13(18(19)20)17(15-6-4-3-5-7-15)22-12-14-8-10-16(21-2)11-9-14/h3-11,13,17H,12H2,1-2H3,(H,19,20)/t13-,17?/m0/s1. The van der Waals surface area contributed by atoms with E-state index in [4.69, 9.17) is 4.74 Å². The number of carboxylic acid groups (broad SMARTS) is 1. The van der Waals surface area contributed by atoms with E-state index in [2.05, 4.69) is 0 Å². The minimum absolute atomic E-state index is 0.0687. The fourth-order valence-corrected chi connectivity index (χ4v) is 3.53. The first-order chi connectivity index (χ1) is 10.6. The maximum atomic E-state index is 11.4. The highest BCUT2D eigenvalue weighted by atomic mass is 32.2. The molecule has 2 aromatic carbocycles. The third-order valence-corrected chi connectivity index (χ3v) is 5.10. The van der Waals surface area contributed by atoms with Crippen LogP contribution in [0.2, 0.25) is 0 Å². The highest BCUT2D eigenvalue weighted by Crippen LogP contribution is 2.38. The van der Waals surface area contributed by atoms with Gasteiger partial charge < -0.3 is 9.84 Å². The fraction of sp³-hybridized carbons (Fsp3) is 0.278. The highest BCUT2D eigenvalue weighted by molar-refractivity contribution is 7.98. The Hall–Kier alpha value is -1.94. The zero-order valence-corrected chi connectivity index (χ0v) is 13.5. The van der Waals surface area contributed by atoms with Crippen LogP contribution in [0.3, 0.4) is 0 Å². The van der Waals surface area contributed by atoms with Crippen LogP contribution in [0.25, 0.3) is 0 Å². The van der Waals surface area contributed by atoms with Gasteiger partial charge in [0, 0.05) is 11.0 Å². The summed E-state index contributed by atoms with van der Waals surface area (Å²) in [6, 6.07) is 17.7.